The van der Waals surface area contributed by atoms with E-state index in [-0.39, 0.29) is 24.3 Å². The first kappa shape index (κ1) is 15.5. The van der Waals surface area contributed by atoms with Crippen LogP contribution in [0.4, 0.5) is 0 Å². The molecule has 1 fully saturated rings. The Balaban J connectivity index is 2.01. The topological polar surface area (TPSA) is 75.4 Å². The van der Waals surface area contributed by atoms with Crippen LogP contribution in [0.3, 0.4) is 0 Å². The lowest BCUT2D eigenvalue weighted by Gasteiger charge is -2.31. The van der Waals surface area contributed by atoms with E-state index in [1.165, 1.54) is 0 Å². The summed E-state index contributed by atoms with van der Waals surface area (Å²) in [6, 6.07) is 0.229. The number of hydrogen-bond acceptors (Lipinski definition) is 3. The van der Waals surface area contributed by atoms with Crippen LogP contribution in [0.5, 0.6) is 0 Å². The first-order valence-electron chi connectivity index (χ1n) is 7.45. The van der Waals surface area contributed by atoms with Crippen LogP contribution in [0.2, 0.25) is 0 Å². The number of carboxylic acids is 1. The zero-order valence-corrected chi connectivity index (χ0v) is 12.9. The molecule has 2 rings (SSSR count). The van der Waals surface area contributed by atoms with E-state index in [0.717, 1.165) is 18.5 Å². The van der Waals surface area contributed by atoms with E-state index >= 15 is 0 Å². The van der Waals surface area contributed by atoms with Gasteiger partial charge in [-0.1, -0.05) is 0 Å². The van der Waals surface area contributed by atoms with E-state index in [1.807, 2.05) is 30.4 Å². The lowest BCUT2D eigenvalue weighted by molar-refractivity contribution is -0.138. The Morgan fingerprint density at radius 2 is 2.00 bits per heavy atom. The van der Waals surface area contributed by atoms with Gasteiger partial charge in [0.05, 0.1) is 11.8 Å². The van der Waals surface area contributed by atoms with Crippen molar-refractivity contribution in [1.29, 1.82) is 0 Å². The van der Waals surface area contributed by atoms with E-state index in [2.05, 4.69) is 5.10 Å². The van der Waals surface area contributed by atoms with Gasteiger partial charge in [-0.15, -0.1) is 0 Å². The van der Waals surface area contributed by atoms with Gasteiger partial charge in [-0.25, -0.2) is 0 Å². The summed E-state index contributed by atoms with van der Waals surface area (Å²) in [7, 11) is 0. The van der Waals surface area contributed by atoms with Crippen LogP contribution >= 0.6 is 0 Å². The molecule has 116 valence electrons. The van der Waals surface area contributed by atoms with Gasteiger partial charge in [0.25, 0.3) is 5.91 Å². The first-order valence-corrected chi connectivity index (χ1v) is 7.45. The SMILES string of the molecule is Cc1c(C(=O)N2CCC(CC(=O)O)CC2)cnn1C(C)C. The minimum absolute atomic E-state index is 0.00757. The Kier molecular flexibility index (Phi) is 4.65. The van der Waals surface area contributed by atoms with Crippen LogP contribution in [-0.2, 0) is 4.79 Å². The maximum atomic E-state index is 12.5. The van der Waals surface area contributed by atoms with E-state index in [1.54, 1.807) is 6.20 Å². The molecule has 1 saturated heterocycles. The molecule has 0 bridgehead atoms. The molecule has 0 aromatic carbocycles. The highest BCUT2D eigenvalue weighted by Gasteiger charge is 2.27. The van der Waals surface area contributed by atoms with E-state index in [4.69, 9.17) is 5.11 Å². The molecule has 0 aliphatic carbocycles. The number of likely N-dealkylation sites (tertiary alicyclic amines) is 1. The van der Waals surface area contributed by atoms with E-state index in [0.29, 0.717) is 18.7 Å². The van der Waals surface area contributed by atoms with Crippen LogP contribution < -0.4 is 0 Å². The van der Waals surface area contributed by atoms with Gasteiger partial charge in [0, 0.05) is 31.2 Å². The number of piperidine rings is 1. The Hall–Kier alpha value is -1.85. The van der Waals surface area contributed by atoms with E-state index in [9.17, 15) is 9.59 Å². The van der Waals surface area contributed by atoms with Gasteiger partial charge in [0.1, 0.15) is 0 Å². The molecule has 1 aliphatic rings. The van der Waals surface area contributed by atoms with Crippen molar-refractivity contribution < 1.29 is 14.7 Å². The number of rotatable bonds is 4. The first-order chi connectivity index (χ1) is 9.90. The van der Waals surface area contributed by atoms with Gasteiger partial charge in [0.2, 0.25) is 0 Å². The monoisotopic (exact) mass is 293 g/mol. The molecular weight excluding hydrogens is 270 g/mol. The van der Waals surface area contributed by atoms with Gasteiger partial charge in [-0.3, -0.25) is 14.3 Å². The molecule has 1 N–H and O–H groups in total. The molecule has 21 heavy (non-hydrogen) atoms. The summed E-state index contributed by atoms with van der Waals surface area (Å²) in [5.74, 6) is -0.562. The van der Waals surface area contributed by atoms with Gasteiger partial charge >= 0.3 is 5.97 Å². The Bertz CT molecular complexity index is 528. The second-order valence-electron chi connectivity index (χ2n) is 6.02. The van der Waals surface area contributed by atoms with Crippen molar-refractivity contribution in [3.05, 3.63) is 17.5 Å². The normalized spacial score (nSPS) is 16.5. The molecule has 6 heteroatoms. The van der Waals surface area contributed by atoms with Crippen LogP contribution in [0.25, 0.3) is 0 Å². The number of carbonyl (C=O) groups excluding carboxylic acids is 1. The average molecular weight is 293 g/mol. The third-order valence-electron chi connectivity index (χ3n) is 4.13. The lowest BCUT2D eigenvalue weighted by atomic mass is 9.93. The average Bonchev–Trinajstić information content (AvgIpc) is 2.80. The molecular formula is C15H23N3O3. The Labute approximate surface area is 124 Å². The standard InChI is InChI=1S/C15H23N3O3/c1-10(2)18-11(3)13(9-16-18)15(21)17-6-4-12(5-7-17)8-14(19)20/h9-10,12H,4-8H2,1-3H3,(H,19,20). The second kappa shape index (κ2) is 6.28. The minimum atomic E-state index is -0.756. The molecule has 0 saturated carbocycles. The lowest BCUT2D eigenvalue weighted by Crippen LogP contribution is -2.39. The van der Waals surface area contributed by atoms with Crippen molar-refractivity contribution in [2.45, 2.75) is 46.1 Å². The third-order valence-corrected chi connectivity index (χ3v) is 4.13. The summed E-state index contributed by atoms with van der Waals surface area (Å²) in [5, 5.41) is 13.1. The molecule has 0 spiro atoms. The number of nitrogens with zero attached hydrogens (tertiary/aromatic N) is 3. The molecule has 0 unspecified atom stereocenters. The quantitative estimate of drug-likeness (QED) is 0.922. The van der Waals surface area contributed by atoms with Crippen molar-refractivity contribution in [3.8, 4) is 0 Å². The molecule has 1 aromatic rings. The summed E-state index contributed by atoms with van der Waals surface area (Å²) in [5.41, 5.74) is 1.54. The highest BCUT2D eigenvalue weighted by molar-refractivity contribution is 5.95. The second-order valence-corrected chi connectivity index (χ2v) is 6.02. The van der Waals surface area contributed by atoms with Gasteiger partial charge in [0.15, 0.2) is 0 Å². The van der Waals surface area contributed by atoms with Crippen LogP contribution in [-0.4, -0.2) is 44.8 Å². The maximum Gasteiger partial charge on any atom is 0.303 e. The van der Waals surface area contributed by atoms with Crippen molar-refractivity contribution in [1.82, 2.24) is 14.7 Å². The van der Waals surface area contributed by atoms with Gasteiger partial charge in [-0.05, 0) is 39.5 Å². The summed E-state index contributed by atoms with van der Waals surface area (Å²) in [6.45, 7) is 7.24. The fourth-order valence-corrected chi connectivity index (χ4v) is 2.91. The number of aliphatic carboxylic acids is 1. The molecule has 1 aromatic heterocycles. The van der Waals surface area contributed by atoms with Crippen LogP contribution in [0.1, 0.15) is 55.2 Å². The van der Waals surface area contributed by atoms with Gasteiger partial charge < -0.3 is 10.0 Å². The predicted molar refractivity (Wildman–Crippen MR) is 78.2 cm³/mol. The zero-order chi connectivity index (χ0) is 15.6. The van der Waals surface area contributed by atoms with Crippen molar-refractivity contribution >= 4 is 11.9 Å². The summed E-state index contributed by atoms with van der Waals surface area (Å²) < 4.78 is 1.85. The summed E-state index contributed by atoms with van der Waals surface area (Å²) in [4.78, 5) is 25.1. The maximum absolute atomic E-state index is 12.5. The molecule has 0 atom stereocenters. The minimum Gasteiger partial charge on any atom is -0.481 e. The van der Waals surface area contributed by atoms with Crippen molar-refractivity contribution in [2.75, 3.05) is 13.1 Å². The molecule has 6 nitrogen and oxygen atoms in total. The van der Waals surface area contributed by atoms with Crippen LogP contribution in [0, 0.1) is 12.8 Å². The summed E-state index contributed by atoms with van der Waals surface area (Å²) >= 11 is 0. The van der Waals surface area contributed by atoms with Crippen molar-refractivity contribution in [3.63, 3.8) is 0 Å². The van der Waals surface area contributed by atoms with Gasteiger partial charge in [-0.2, -0.15) is 5.10 Å². The number of hydrogen-bond donors (Lipinski definition) is 1. The number of carboxylic acid groups (broad SMARTS) is 1. The van der Waals surface area contributed by atoms with Crippen LogP contribution in [0.15, 0.2) is 6.20 Å². The highest BCUT2D eigenvalue weighted by Crippen LogP contribution is 2.23. The number of carbonyl (C=O) groups is 2. The Morgan fingerprint density at radius 1 is 1.38 bits per heavy atom. The molecule has 1 aliphatic heterocycles. The molecule has 0 radical (unpaired) electrons. The number of aromatic nitrogens is 2. The highest BCUT2D eigenvalue weighted by atomic mass is 16.4. The molecule has 2 heterocycles. The fourth-order valence-electron chi connectivity index (χ4n) is 2.91. The largest absolute Gasteiger partial charge is 0.481 e. The third kappa shape index (κ3) is 3.43. The Morgan fingerprint density at radius 3 is 2.48 bits per heavy atom. The fraction of sp³-hybridized carbons (Fsp3) is 0.667. The van der Waals surface area contributed by atoms with Crippen molar-refractivity contribution in [2.24, 2.45) is 5.92 Å². The number of amides is 1. The molecule has 1 amide bonds. The smallest absolute Gasteiger partial charge is 0.303 e. The zero-order valence-electron chi connectivity index (χ0n) is 12.9. The summed E-state index contributed by atoms with van der Waals surface area (Å²) in [6.07, 6.45) is 3.36. The van der Waals surface area contributed by atoms with E-state index < -0.39 is 5.97 Å². The predicted octanol–water partition coefficient (Wildman–Crippen LogP) is 2.10.